The minimum atomic E-state index is -0.126. The van der Waals surface area contributed by atoms with E-state index in [0.717, 1.165) is 28.9 Å². The van der Waals surface area contributed by atoms with Crippen LogP contribution >= 0.6 is 11.3 Å². The molecule has 2 amide bonds. The molecule has 0 aliphatic carbocycles. The van der Waals surface area contributed by atoms with Gasteiger partial charge in [-0.3, -0.25) is 14.5 Å². The number of likely N-dealkylation sites (tertiary alicyclic amines) is 1. The normalized spacial score (nSPS) is 16.3. The largest absolute Gasteiger partial charge is 0.372 e. The molecule has 2 aromatic rings. The molecular weight excluding hydrogens is 288 g/mol. The minimum Gasteiger partial charge on any atom is -0.372 e. The van der Waals surface area contributed by atoms with Crippen LogP contribution in [0.15, 0.2) is 11.4 Å². The van der Waals surface area contributed by atoms with Crippen LogP contribution in [-0.4, -0.2) is 33.7 Å². The summed E-state index contributed by atoms with van der Waals surface area (Å²) < 4.78 is 0. The number of aromatic nitrogens is 2. The SMILES string of the molecule is CNc1nc(CN2C(=O)CCCCC2=O)nc2sccc12. The lowest BCUT2D eigenvalue weighted by molar-refractivity contribution is -0.144. The smallest absolute Gasteiger partial charge is 0.229 e. The molecule has 21 heavy (non-hydrogen) atoms. The summed E-state index contributed by atoms with van der Waals surface area (Å²) >= 11 is 1.52. The Morgan fingerprint density at radius 3 is 2.62 bits per heavy atom. The number of hydrogen-bond donors (Lipinski definition) is 1. The average Bonchev–Trinajstić information content (AvgIpc) is 2.90. The van der Waals surface area contributed by atoms with E-state index in [0.29, 0.717) is 18.7 Å². The Balaban J connectivity index is 1.93. The Morgan fingerprint density at radius 2 is 1.95 bits per heavy atom. The van der Waals surface area contributed by atoms with Gasteiger partial charge in [-0.05, 0) is 24.3 Å². The third-order valence-corrected chi connectivity index (χ3v) is 4.35. The van der Waals surface area contributed by atoms with Crippen molar-refractivity contribution in [3.05, 3.63) is 17.3 Å². The Kier molecular flexibility index (Phi) is 3.83. The van der Waals surface area contributed by atoms with E-state index in [1.54, 1.807) is 7.05 Å². The summed E-state index contributed by atoms with van der Waals surface area (Å²) in [5, 5.41) is 5.94. The number of nitrogens with zero attached hydrogens (tertiary/aromatic N) is 3. The van der Waals surface area contributed by atoms with Gasteiger partial charge in [-0.25, -0.2) is 9.97 Å². The van der Waals surface area contributed by atoms with Gasteiger partial charge in [0.25, 0.3) is 0 Å². The van der Waals surface area contributed by atoms with E-state index < -0.39 is 0 Å². The summed E-state index contributed by atoms with van der Waals surface area (Å²) in [4.78, 5) is 35.1. The maximum absolute atomic E-state index is 12.0. The van der Waals surface area contributed by atoms with E-state index in [2.05, 4.69) is 15.3 Å². The van der Waals surface area contributed by atoms with Gasteiger partial charge in [-0.1, -0.05) is 0 Å². The summed E-state index contributed by atoms with van der Waals surface area (Å²) in [6.45, 7) is 0.153. The van der Waals surface area contributed by atoms with E-state index >= 15 is 0 Å². The number of amides is 2. The van der Waals surface area contributed by atoms with Crippen LogP contribution in [0.4, 0.5) is 5.82 Å². The maximum atomic E-state index is 12.0. The molecule has 7 heteroatoms. The molecule has 1 saturated heterocycles. The fourth-order valence-electron chi connectivity index (χ4n) is 2.44. The second-order valence-corrected chi connectivity index (χ2v) is 5.85. The molecule has 1 aliphatic heterocycles. The van der Waals surface area contributed by atoms with E-state index in [4.69, 9.17) is 0 Å². The molecule has 110 valence electrons. The van der Waals surface area contributed by atoms with Crippen molar-refractivity contribution in [2.24, 2.45) is 0 Å². The molecule has 0 unspecified atom stereocenters. The van der Waals surface area contributed by atoms with Crippen LogP contribution in [0.25, 0.3) is 10.2 Å². The first-order valence-electron chi connectivity index (χ1n) is 6.94. The summed E-state index contributed by atoms with van der Waals surface area (Å²) in [5.41, 5.74) is 0. The van der Waals surface area contributed by atoms with Crippen LogP contribution in [0.5, 0.6) is 0 Å². The number of nitrogens with one attached hydrogen (secondary N) is 1. The first-order chi connectivity index (χ1) is 10.2. The predicted molar refractivity (Wildman–Crippen MR) is 81.0 cm³/mol. The van der Waals surface area contributed by atoms with Crippen LogP contribution in [0, 0.1) is 0 Å². The van der Waals surface area contributed by atoms with E-state index in [1.165, 1.54) is 16.2 Å². The van der Waals surface area contributed by atoms with Gasteiger partial charge < -0.3 is 5.32 Å². The lowest BCUT2D eigenvalue weighted by atomic mass is 10.2. The molecule has 0 atom stereocenters. The van der Waals surface area contributed by atoms with Crippen molar-refractivity contribution in [3.63, 3.8) is 0 Å². The fraction of sp³-hybridized carbons (Fsp3) is 0.429. The van der Waals surface area contributed by atoms with Gasteiger partial charge in [0, 0.05) is 19.9 Å². The van der Waals surface area contributed by atoms with Crippen molar-refractivity contribution in [2.45, 2.75) is 32.2 Å². The highest BCUT2D eigenvalue weighted by molar-refractivity contribution is 7.16. The first-order valence-corrected chi connectivity index (χ1v) is 7.82. The molecule has 2 aromatic heterocycles. The van der Waals surface area contributed by atoms with E-state index in [-0.39, 0.29) is 18.4 Å². The van der Waals surface area contributed by atoms with Gasteiger partial charge in [-0.15, -0.1) is 11.3 Å². The van der Waals surface area contributed by atoms with Crippen LogP contribution in [0.2, 0.25) is 0 Å². The van der Waals surface area contributed by atoms with Crippen LogP contribution in [0.1, 0.15) is 31.5 Å². The Morgan fingerprint density at radius 1 is 1.24 bits per heavy atom. The van der Waals surface area contributed by atoms with Crippen molar-refractivity contribution < 1.29 is 9.59 Å². The minimum absolute atomic E-state index is 0.126. The van der Waals surface area contributed by atoms with Gasteiger partial charge >= 0.3 is 0 Å². The second kappa shape index (κ2) is 5.77. The zero-order chi connectivity index (χ0) is 14.8. The molecule has 1 N–H and O–H groups in total. The van der Waals surface area contributed by atoms with E-state index in [9.17, 15) is 9.59 Å². The number of carbonyl (C=O) groups excluding carboxylic acids is 2. The van der Waals surface area contributed by atoms with Crippen molar-refractivity contribution in [2.75, 3.05) is 12.4 Å². The molecule has 1 aliphatic rings. The third kappa shape index (κ3) is 2.73. The molecule has 6 nitrogen and oxygen atoms in total. The zero-order valence-electron chi connectivity index (χ0n) is 11.8. The monoisotopic (exact) mass is 304 g/mol. The van der Waals surface area contributed by atoms with Gasteiger partial charge in [0.1, 0.15) is 10.6 Å². The van der Waals surface area contributed by atoms with Gasteiger partial charge in [0.15, 0.2) is 5.82 Å². The summed E-state index contributed by atoms with van der Waals surface area (Å²) in [6.07, 6.45) is 2.39. The Labute approximate surface area is 126 Å². The Bertz CT molecular complexity index is 679. The number of imide groups is 1. The standard InChI is InChI=1S/C14H16N4O2S/c1-15-13-9-6-7-21-14(9)17-10(16-13)8-18-11(19)4-2-3-5-12(18)20/h6-7H,2-5,8H2,1H3,(H,15,16,17). The Hall–Kier alpha value is -2.02. The van der Waals surface area contributed by atoms with Crippen LogP contribution in [0.3, 0.4) is 0 Å². The highest BCUT2D eigenvalue weighted by atomic mass is 32.1. The molecule has 3 rings (SSSR count). The van der Waals surface area contributed by atoms with Crippen molar-refractivity contribution in [1.82, 2.24) is 14.9 Å². The molecule has 0 aromatic carbocycles. The lowest BCUT2D eigenvalue weighted by Gasteiger charge is -2.18. The summed E-state index contributed by atoms with van der Waals surface area (Å²) in [7, 11) is 1.80. The van der Waals surface area contributed by atoms with E-state index in [1.807, 2.05) is 11.4 Å². The molecule has 0 radical (unpaired) electrons. The quantitative estimate of drug-likeness (QED) is 0.880. The average molecular weight is 304 g/mol. The topological polar surface area (TPSA) is 75.2 Å². The maximum Gasteiger partial charge on any atom is 0.229 e. The predicted octanol–water partition coefficient (Wildman–Crippen LogP) is 2.16. The van der Waals surface area contributed by atoms with Crippen LogP contribution in [-0.2, 0) is 16.1 Å². The van der Waals surface area contributed by atoms with Gasteiger partial charge in [-0.2, -0.15) is 0 Å². The molecule has 1 fully saturated rings. The first kappa shape index (κ1) is 13.9. The van der Waals surface area contributed by atoms with Crippen molar-refractivity contribution in [1.29, 1.82) is 0 Å². The summed E-state index contributed by atoms with van der Waals surface area (Å²) in [6, 6.07) is 1.96. The third-order valence-electron chi connectivity index (χ3n) is 3.54. The fourth-order valence-corrected chi connectivity index (χ4v) is 3.22. The highest BCUT2D eigenvalue weighted by Gasteiger charge is 2.25. The highest BCUT2D eigenvalue weighted by Crippen LogP contribution is 2.25. The molecular formula is C14H16N4O2S. The number of fused-ring (bicyclic) bond motifs is 1. The summed E-state index contributed by atoms with van der Waals surface area (Å²) in [5.74, 6) is 0.973. The molecule has 0 spiro atoms. The number of anilines is 1. The number of hydrogen-bond acceptors (Lipinski definition) is 6. The molecule has 3 heterocycles. The van der Waals surface area contributed by atoms with Crippen molar-refractivity contribution >= 4 is 39.2 Å². The lowest BCUT2D eigenvalue weighted by Crippen LogP contribution is -2.35. The van der Waals surface area contributed by atoms with Gasteiger partial charge in [0.2, 0.25) is 11.8 Å². The molecule has 0 bridgehead atoms. The number of rotatable bonds is 3. The number of carbonyl (C=O) groups is 2. The zero-order valence-corrected chi connectivity index (χ0v) is 12.6. The molecule has 0 saturated carbocycles. The van der Waals surface area contributed by atoms with Gasteiger partial charge in [0.05, 0.1) is 11.9 Å². The second-order valence-electron chi connectivity index (χ2n) is 4.96. The van der Waals surface area contributed by atoms with Crippen LogP contribution < -0.4 is 5.32 Å². The number of thiophene rings is 1. The van der Waals surface area contributed by atoms with Crippen molar-refractivity contribution in [3.8, 4) is 0 Å².